The third kappa shape index (κ3) is 2.58. The predicted molar refractivity (Wildman–Crippen MR) is 114 cm³/mol. The van der Waals surface area contributed by atoms with Crippen LogP contribution in [0.5, 0.6) is 0 Å². The second-order valence-corrected chi connectivity index (χ2v) is 6.24. The SMILES string of the molecule is C=Cc1c(/C=C\C)n(-c2ccccc2-c2ccccc2)c2ccccc12. The molecule has 1 heterocycles. The monoisotopic (exact) mass is 335 g/mol. The van der Waals surface area contributed by atoms with Gasteiger partial charge in [-0.3, -0.25) is 0 Å². The number of hydrogen-bond donors (Lipinski definition) is 0. The minimum Gasteiger partial charge on any atom is -0.309 e. The lowest BCUT2D eigenvalue weighted by molar-refractivity contribution is 1.11. The number of fused-ring (bicyclic) bond motifs is 1. The highest BCUT2D eigenvalue weighted by Crippen LogP contribution is 2.35. The van der Waals surface area contributed by atoms with Gasteiger partial charge in [-0.1, -0.05) is 85.5 Å². The van der Waals surface area contributed by atoms with Crippen molar-refractivity contribution in [1.82, 2.24) is 4.57 Å². The van der Waals surface area contributed by atoms with Crippen molar-refractivity contribution in [2.24, 2.45) is 0 Å². The summed E-state index contributed by atoms with van der Waals surface area (Å²) in [6.07, 6.45) is 6.21. The van der Waals surface area contributed by atoms with Gasteiger partial charge in [-0.15, -0.1) is 0 Å². The summed E-state index contributed by atoms with van der Waals surface area (Å²) in [7, 11) is 0. The third-order valence-electron chi connectivity index (χ3n) is 4.71. The average Bonchev–Trinajstić information content (AvgIpc) is 3.02. The summed E-state index contributed by atoms with van der Waals surface area (Å²) in [5.74, 6) is 0. The lowest BCUT2D eigenvalue weighted by Crippen LogP contribution is -1.99. The molecule has 0 saturated carbocycles. The zero-order valence-electron chi connectivity index (χ0n) is 14.9. The second kappa shape index (κ2) is 6.89. The lowest BCUT2D eigenvalue weighted by atomic mass is 10.0. The van der Waals surface area contributed by atoms with E-state index in [9.17, 15) is 0 Å². The van der Waals surface area contributed by atoms with Crippen molar-refractivity contribution in [2.75, 3.05) is 0 Å². The molecule has 4 aromatic rings. The van der Waals surface area contributed by atoms with Crippen LogP contribution in [0.15, 0.2) is 91.5 Å². The van der Waals surface area contributed by atoms with E-state index in [2.05, 4.69) is 109 Å². The van der Waals surface area contributed by atoms with Crippen LogP contribution in [0.1, 0.15) is 18.2 Å². The zero-order valence-corrected chi connectivity index (χ0v) is 14.9. The van der Waals surface area contributed by atoms with Gasteiger partial charge in [0, 0.05) is 16.5 Å². The van der Waals surface area contributed by atoms with Gasteiger partial charge in [0.2, 0.25) is 0 Å². The molecule has 0 amide bonds. The quantitative estimate of drug-likeness (QED) is 0.379. The van der Waals surface area contributed by atoms with Crippen LogP contribution in [0, 0.1) is 0 Å². The van der Waals surface area contributed by atoms with Crippen molar-refractivity contribution in [2.45, 2.75) is 6.92 Å². The van der Waals surface area contributed by atoms with E-state index in [1.807, 2.05) is 6.08 Å². The molecule has 0 unspecified atom stereocenters. The van der Waals surface area contributed by atoms with Gasteiger partial charge < -0.3 is 4.57 Å². The number of hydrogen-bond acceptors (Lipinski definition) is 0. The molecular formula is C25H21N. The van der Waals surface area contributed by atoms with Gasteiger partial charge in [-0.25, -0.2) is 0 Å². The molecule has 4 rings (SSSR count). The second-order valence-electron chi connectivity index (χ2n) is 6.24. The standard InChI is InChI=1S/C25H21N/c1-3-12-23-20(4-2)22-16-9-11-18-25(22)26(23)24-17-10-8-15-21(24)19-13-6-5-7-14-19/h3-18H,2H2,1H3/b12-3-. The van der Waals surface area contributed by atoms with Gasteiger partial charge in [0.15, 0.2) is 0 Å². The Morgan fingerprint density at radius 1 is 0.808 bits per heavy atom. The van der Waals surface area contributed by atoms with E-state index in [4.69, 9.17) is 0 Å². The maximum Gasteiger partial charge on any atom is 0.0541 e. The van der Waals surface area contributed by atoms with Crippen LogP contribution < -0.4 is 0 Å². The molecule has 1 nitrogen and oxygen atoms in total. The molecular weight excluding hydrogens is 314 g/mol. The Kier molecular flexibility index (Phi) is 4.28. The normalized spacial score (nSPS) is 11.3. The number of allylic oxidation sites excluding steroid dienone is 1. The van der Waals surface area contributed by atoms with Gasteiger partial charge >= 0.3 is 0 Å². The van der Waals surface area contributed by atoms with E-state index >= 15 is 0 Å². The van der Waals surface area contributed by atoms with Crippen LogP contribution in [0.3, 0.4) is 0 Å². The first-order chi connectivity index (χ1) is 12.8. The molecule has 0 saturated heterocycles. The molecule has 1 aromatic heterocycles. The maximum atomic E-state index is 4.06. The van der Waals surface area contributed by atoms with E-state index in [0.717, 1.165) is 5.69 Å². The first-order valence-corrected chi connectivity index (χ1v) is 8.88. The van der Waals surface area contributed by atoms with Crippen LogP contribution in [0.25, 0.3) is 39.9 Å². The molecule has 0 N–H and O–H groups in total. The van der Waals surface area contributed by atoms with Gasteiger partial charge in [-0.05, 0) is 30.7 Å². The Morgan fingerprint density at radius 2 is 1.50 bits per heavy atom. The highest BCUT2D eigenvalue weighted by Gasteiger charge is 2.16. The smallest absolute Gasteiger partial charge is 0.0541 e. The first kappa shape index (κ1) is 16.2. The molecule has 126 valence electrons. The fourth-order valence-corrected chi connectivity index (χ4v) is 3.61. The van der Waals surface area contributed by atoms with Crippen molar-refractivity contribution in [3.05, 3.63) is 103 Å². The molecule has 3 aromatic carbocycles. The molecule has 26 heavy (non-hydrogen) atoms. The van der Waals surface area contributed by atoms with Crippen molar-refractivity contribution in [1.29, 1.82) is 0 Å². The van der Waals surface area contributed by atoms with Crippen molar-refractivity contribution >= 4 is 23.1 Å². The number of rotatable bonds is 4. The summed E-state index contributed by atoms with van der Waals surface area (Å²) in [5.41, 5.74) is 7.13. The topological polar surface area (TPSA) is 4.93 Å². The van der Waals surface area contributed by atoms with E-state index in [-0.39, 0.29) is 0 Å². The van der Waals surface area contributed by atoms with Crippen molar-refractivity contribution < 1.29 is 0 Å². The zero-order chi connectivity index (χ0) is 17.9. The fraction of sp³-hybridized carbons (Fsp3) is 0.0400. The molecule has 0 aliphatic rings. The van der Waals surface area contributed by atoms with E-state index in [0.29, 0.717) is 0 Å². The lowest BCUT2D eigenvalue weighted by Gasteiger charge is -2.15. The summed E-state index contributed by atoms with van der Waals surface area (Å²) >= 11 is 0. The molecule has 0 fully saturated rings. The summed E-state index contributed by atoms with van der Waals surface area (Å²) in [6, 6.07) is 27.6. The largest absolute Gasteiger partial charge is 0.309 e. The van der Waals surface area contributed by atoms with Crippen LogP contribution >= 0.6 is 0 Å². The summed E-state index contributed by atoms with van der Waals surface area (Å²) in [5, 5.41) is 1.22. The third-order valence-corrected chi connectivity index (χ3v) is 4.71. The number of nitrogens with zero attached hydrogens (tertiary/aromatic N) is 1. The first-order valence-electron chi connectivity index (χ1n) is 8.88. The number of aromatic nitrogens is 1. The van der Waals surface area contributed by atoms with Gasteiger partial charge in [-0.2, -0.15) is 0 Å². The van der Waals surface area contributed by atoms with Gasteiger partial charge in [0.25, 0.3) is 0 Å². The van der Waals surface area contributed by atoms with Crippen LogP contribution in [0.2, 0.25) is 0 Å². The van der Waals surface area contributed by atoms with E-state index in [1.165, 1.54) is 33.3 Å². The molecule has 0 radical (unpaired) electrons. The Balaban J connectivity index is 2.11. The number of para-hydroxylation sites is 2. The molecule has 0 aliphatic carbocycles. The Bertz CT molecular complexity index is 1100. The summed E-state index contributed by atoms with van der Waals surface area (Å²) < 4.78 is 2.34. The minimum atomic E-state index is 1.16. The highest BCUT2D eigenvalue weighted by atomic mass is 15.0. The molecule has 0 aliphatic heterocycles. The Hall–Kier alpha value is -3.32. The predicted octanol–water partition coefficient (Wildman–Crippen LogP) is 6.97. The highest BCUT2D eigenvalue weighted by molar-refractivity contribution is 5.96. The van der Waals surface area contributed by atoms with Crippen LogP contribution in [0.4, 0.5) is 0 Å². The van der Waals surface area contributed by atoms with Crippen LogP contribution in [-0.2, 0) is 0 Å². The van der Waals surface area contributed by atoms with E-state index < -0.39 is 0 Å². The molecule has 0 atom stereocenters. The Labute approximate surface area is 154 Å². The van der Waals surface area contributed by atoms with E-state index in [1.54, 1.807) is 0 Å². The molecule has 0 spiro atoms. The number of benzene rings is 3. The Morgan fingerprint density at radius 3 is 2.27 bits per heavy atom. The molecule has 0 bridgehead atoms. The molecule has 1 heteroatoms. The maximum absolute atomic E-state index is 4.06. The van der Waals surface area contributed by atoms with Crippen molar-refractivity contribution in [3.8, 4) is 16.8 Å². The fourth-order valence-electron chi connectivity index (χ4n) is 3.61. The summed E-state index contributed by atoms with van der Waals surface area (Å²) in [4.78, 5) is 0. The van der Waals surface area contributed by atoms with Gasteiger partial charge in [0.05, 0.1) is 16.9 Å². The average molecular weight is 335 g/mol. The summed E-state index contributed by atoms with van der Waals surface area (Å²) in [6.45, 7) is 6.12. The van der Waals surface area contributed by atoms with Crippen molar-refractivity contribution in [3.63, 3.8) is 0 Å². The minimum absolute atomic E-state index is 1.16. The van der Waals surface area contributed by atoms with Crippen LogP contribution in [-0.4, -0.2) is 4.57 Å². The van der Waals surface area contributed by atoms with Gasteiger partial charge in [0.1, 0.15) is 0 Å².